The molecule has 7 heteroatoms. The first-order chi connectivity index (χ1) is 12.0. The summed E-state index contributed by atoms with van der Waals surface area (Å²) in [6.07, 6.45) is 1.53. The van der Waals surface area contributed by atoms with E-state index in [0.29, 0.717) is 10.6 Å². The van der Waals surface area contributed by atoms with Crippen molar-refractivity contribution in [3.05, 3.63) is 64.7 Å². The van der Waals surface area contributed by atoms with Crippen LogP contribution in [0, 0.1) is 0 Å². The Labute approximate surface area is 151 Å². The molecule has 0 bridgehead atoms. The Balaban J connectivity index is 1.80. The minimum absolute atomic E-state index is 0.193. The average molecular weight is 359 g/mol. The van der Waals surface area contributed by atoms with Crippen molar-refractivity contribution >= 4 is 35.3 Å². The van der Waals surface area contributed by atoms with E-state index in [2.05, 4.69) is 15.8 Å². The van der Waals surface area contributed by atoms with Gasteiger partial charge in [0.25, 0.3) is 11.8 Å². The molecule has 0 saturated heterocycles. The van der Waals surface area contributed by atoms with Crippen molar-refractivity contribution in [2.75, 3.05) is 25.5 Å². The van der Waals surface area contributed by atoms with Crippen molar-refractivity contribution in [1.29, 1.82) is 0 Å². The number of anilines is 1. The lowest BCUT2D eigenvalue weighted by atomic mass is 10.2. The fourth-order valence-electron chi connectivity index (χ4n) is 1.98. The number of halogens is 1. The molecule has 130 valence electrons. The van der Waals surface area contributed by atoms with E-state index in [1.54, 1.807) is 24.3 Å². The maximum atomic E-state index is 11.9. The average Bonchev–Trinajstić information content (AvgIpc) is 2.60. The van der Waals surface area contributed by atoms with Gasteiger partial charge in [0.15, 0.2) is 0 Å². The molecule has 2 aromatic carbocycles. The van der Waals surface area contributed by atoms with Crippen LogP contribution >= 0.6 is 11.6 Å². The molecule has 0 heterocycles. The molecule has 0 radical (unpaired) electrons. The molecule has 0 spiro atoms. The van der Waals surface area contributed by atoms with E-state index in [9.17, 15) is 9.59 Å². The Morgan fingerprint density at radius 1 is 1.12 bits per heavy atom. The van der Waals surface area contributed by atoms with Crippen molar-refractivity contribution in [3.8, 4) is 0 Å². The maximum Gasteiger partial charge on any atom is 0.259 e. The summed E-state index contributed by atoms with van der Waals surface area (Å²) in [4.78, 5) is 25.6. The van der Waals surface area contributed by atoms with Crippen molar-refractivity contribution in [1.82, 2.24) is 10.7 Å². The van der Waals surface area contributed by atoms with E-state index < -0.39 is 11.8 Å². The highest BCUT2D eigenvalue weighted by atomic mass is 35.5. The fraction of sp³-hybridized carbons (Fsp3) is 0.167. The molecule has 0 aliphatic heterocycles. The second kappa shape index (κ2) is 8.84. The quantitative estimate of drug-likeness (QED) is 0.614. The van der Waals surface area contributed by atoms with Crippen LogP contribution in [-0.2, 0) is 4.79 Å². The first kappa shape index (κ1) is 18.5. The number of hydrogen-bond acceptors (Lipinski definition) is 4. The van der Waals surface area contributed by atoms with Gasteiger partial charge in [0.05, 0.1) is 23.3 Å². The van der Waals surface area contributed by atoms with Gasteiger partial charge in [-0.15, -0.1) is 0 Å². The van der Waals surface area contributed by atoms with Crippen molar-refractivity contribution in [3.63, 3.8) is 0 Å². The largest absolute Gasteiger partial charge is 0.378 e. The predicted molar refractivity (Wildman–Crippen MR) is 100 cm³/mol. The molecule has 2 aromatic rings. The number of carbonyl (C=O) groups excluding carboxylic acids is 2. The van der Waals surface area contributed by atoms with E-state index >= 15 is 0 Å². The highest BCUT2D eigenvalue weighted by molar-refractivity contribution is 6.33. The third kappa shape index (κ3) is 5.61. The second-order valence-corrected chi connectivity index (χ2v) is 5.85. The first-order valence-electron chi connectivity index (χ1n) is 7.59. The van der Waals surface area contributed by atoms with E-state index in [0.717, 1.165) is 11.3 Å². The summed E-state index contributed by atoms with van der Waals surface area (Å²) in [6.45, 7) is -0.193. The van der Waals surface area contributed by atoms with E-state index in [1.807, 2.05) is 43.3 Å². The van der Waals surface area contributed by atoms with Crippen LogP contribution in [0.15, 0.2) is 53.6 Å². The summed E-state index contributed by atoms with van der Waals surface area (Å²) in [5.41, 5.74) is 4.61. The van der Waals surface area contributed by atoms with Gasteiger partial charge < -0.3 is 10.2 Å². The molecule has 2 N–H and O–H groups in total. The Morgan fingerprint density at radius 2 is 1.80 bits per heavy atom. The Kier molecular flexibility index (Phi) is 6.54. The van der Waals surface area contributed by atoms with Gasteiger partial charge in [0, 0.05) is 19.8 Å². The number of rotatable bonds is 6. The third-order valence-electron chi connectivity index (χ3n) is 3.34. The first-order valence-corrected chi connectivity index (χ1v) is 7.97. The van der Waals surface area contributed by atoms with Gasteiger partial charge in [-0.3, -0.25) is 9.59 Å². The summed E-state index contributed by atoms with van der Waals surface area (Å²) in [6, 6.07) is 14.3. The topological polar surface area (TPSA) is 73.8 Å². The lowest BCUT2D eigenvalue weighted by Gasteiger charge is -2.11. The van der Waals surface area contributed by atoms with Crippen LogP contribution in [0.25, 0.3) is 0 Å². The molecule has 2 amide bonds. The molecule has 2 rings (SSSR count). The SMILES string of the molecule is CN(C)c1ccc(/C=N/NC(=O)CNC(=O)c2ccccc2Cl)cc1. The molecule has 6 nitrogen and oxygen atoms in total. The molecule has 0 saturated carbocycles. The monoisotopic (exact) mass is 358 g/mol. The number of nitrogens with one attached hydrogen (secondary N) is 2. The number of benzene rings is 2. The minimum atomic E-state index is -0.429. The fourth-order valence-corrected chi connectivity index (χ4v) is 2.20. The molecule has 0 aliphatic rings. The van der Waals surface area contributed by atoms with Crippen molar-refractivity contribution in [2.45, 2.75) is 0 Å². The zero-order valence-corrected chi connectivity index (χ0v) is 14.7. The molecule has 0 fully saturated rings. The molecule has 25 heavy (non-hydrogen) atoms. The van der Waals surface area contributed by atoms with Gasteiger partial charge in [-0.2, -0.15) is 5.10 Å². The van der Waals surface area contributed by atoms with Crippen LogP contribution < -0.4 is 15.6 Å². The van der Waals surface area contributed by atoms with E-state index in [4.69, 9.17) is 11.6 Å². The summed E-state index contributed by atoms with van der Waals surface area (Å²) >= 11 is 5.93. The number of hydrogen-bond donors (Lipinski definition) is 2. The van der Waals surface area contributed by atoms with Gasteiger partial charge in [0.1, 0.15) is 0 Å². The van der Waals surface area contributed by atoms with Gasteiger partial charge in [-0.1, -0.05) is 35.9 Å². The van der Waals surface area contributed by atoms with Crippen LogP contribution in [0.1, 0.15) is 15.9 Å². The van der Waals surface area contributed by atoms with Gasteiger partial charge >= 0.3 is 0 Å². The van der Waals surface area contributed by atoms with E-state index in [1.165, 1.54) is 6.21 Å². The summed E-state index contributed by atoms with van der Waals surface area (Å²) < 4.78 is 0. The summed E-state index contributed by atoms with van der Waals surface area (Å²) in [5.74, 6) is -0.842. The zero-order valence-electron chi connectivity index (χ0n) is 14.0. The lowest BCUT2D eigenvalue weighted by Crippen LogP contribution is -2.35. The number of amides is 2. The maximum absolute atomic E-state index is 11.9. The molecule has 0 aliphatic carbocycles. The lowest BCUT2D eigenvalue weighted by molar-refractivity contribution is -0.120. The minimum Gasteiger partial charge on any atom is -0.378 e. The Hall–Kier alpha value is -2.86. The van der Waals surface area contributed by atoms with Gasteiger partial charge in [0.2, 0.25) is 0 Å². The van der Waals surface area contributed by atoms with Crippen LogP contribution in [0.5, 0.6) is 0 Å². The van der Waals surface area contributed by atoms with Gasteiger partial charge in [-0.05, 0) is 29.8 Å². The van der Waals surface area contributed by atoms with Crippen LogP contribution in [-0.4, -0.2) is 38.7 Å². The normalized spacial score (nSPS) is 10.5. The molecule has 0 unspecified atom stereocenters. The van der Waals surface area contributed by atoms with Crippen molar-refractivity contribution < 1.29 is 9.59 Å². The Bertz CT molecular complexity index is 773. The highest BCUT2D eigenvalue weighted by Gasteiger charge is 2.10. The Morgan fingerprint density at radius 3 is 2.44 bits per heavy atom. The summed E-state index contributed by atoms with van der Waals surface area (Å²) in [7, 11) is 3.92. The molecule has 0 atom stereocenters. The standard InChI is InChI=1S/C18H19ClN4O2/c1-23(2)14-9-7-13(8-10-14)11-21-22-17(24)12-20-18(25)15-5-3-4-6-16(15)19/h3-11H,12H2,1-2H3,(H,20,25)(H,22,24)/b21-11+. The number of hydrazone groups is 1. The third-order valence-corrected chi connectivity index (χ3v) is 3.67. The molecule has 0 aromatic heterocycles. The molecular weight excluding hydrogens is 340 g/mol. The molecular formula is C18H19ClN4O2. The predicted octanol–water partition coefficient (Wildman–Crippen LogP) is 2.29. The zero-order chi connectivity index (χ0) is 18.2. The van der Waals surface area contributed by atoms with Crippen LogP contribution in [0.3, 0.4) is 0 Å². The second-order valence-electron chi connectivity index (χ2n) is 5.44. The van der Waals surface area contributed by atoms with Gasteiger partial charge in [-0.25, -0.2) is 5.43 Å². The van der Waals surface area contributed by atoms with Crippen LogP contribution in [0.2, 0.25) is 5.02 Å². The van der Waals surface area contributed by atoms with Crippen LogP contribution in [0.4, 0.5) is 5.69 Å². The van der Waals surface area contributed by atoms with E-state index in [-0.39, 0.29) is 6.54 Å². The smallest absolute Gasteiger partial charge is 0.259 e. The summed E-state index contributed by atoms with van der Waals surface area (Å²) in [5, 5.41) is 6.70. The highest BCUT2D eigenvalue weighted by Crippen LogP contribution is 2.14. The number of nitrogens with zero attached hydrogens (tertiary/aromatic N) is 2. The number of carbonyl (C=O) groups is 2. The van der Waals surface area contributed by atoms with Crippen molar-refractivity contribution in [2.24, 2.45) is 5.10 Å².